The topological polar surface area (TPSA) is 12.0 Å². The predicted octanol–water partition coefficient (Wildman–Crippen LogP) is 4.52. The van der Waals surface area contributed by atoms with Gasteiger partial charge in [-0.25, -0.2) is 0 Å². The van der Waals surface area contributed by atoms with E-state index in [1.807, 2.05) is 18.2 Å². The van der Waals surface area contributed by atoms with E-state index in [1.54, 1.807) is 0 Å². The van der Waals surface area contributed by atoms with Crippen molar-refractivity contribution in [3.63, 3.8) is 0 Å². The van der Waals surface area contributed by atoms with Crippen LogP contribution in [0.25, 0.3) is 0 Å². The maximum Gasteiger partial charge on any atom is 0.0465 e. The summed E-state index contributed by atoms with van der Waals surface area (Å²) in [7, 11) is 0. The smallest absolute Gasteiger partial charge is 0.0465 e. The Morgan fingerprint density at radius 2 is 1.94 bits per heavy atom. The fourth-order valence-corrected chi connectivity index (χ4v) is 3.14. The Morgan fingerprint density at radius 3 is 2.53 bits per heavy atom. The van der Waals surface area contributed by atoms with E-state index in [0.29, 0.717) is 0 Å². The standard InChI is InChI=1S/C14H19Cl2N/c1-10-5-6-11(7-10)8-17-9-12-13(15)3-2-4-14(12)16/h2-4,10-11,17H,5-9H2,1H3. The third-order valence-corrected chi connectivity index (χ3v) is 4.31. The summed E-state index contributed by atoms with van der Waals surface area (Å²) in [6.45, 7) is 4.18. The molecule has 3 heteroatoms. The maximum absolute atomic E-state index is 6.12. The molecule has 0 bridgehead atoms. The lowest BCUT2D eigenvalue weighted by Gasteiger charge is -2.12. The molecular weight excluding hydrogens is 253 g/mol. The molecule has 2 atom stereocenters. The van der Waals surface area contributed by atoms with Crippen LogP contribution < -0.4 is 5.32 Å². The van der Waals surface area contributed by atoms with Crippen molar-refractivity contribution in [1.29, 1.82) is 0 Å². The van der Waals surface area contributed by atoms with E-state index in [1.165, 1.54) is 19.3 Å². The molecule has 2 unspecified atom stereocenters. The maximum atomic E-state index is 6.12. The van der Waals surface area contributed by atoms with Gasteiger partial charge in [0.2, 0.25) is 0 Å². The Morgan fingerprint density at radius 1 is 1.24 bits per heavy atom. The van der Waals surface area contributed by atoms with Crippen LogP contribution in [0, 0.1) is 11.8 Å². The molecule has 0 spiro atoms. The lowest BCUT2D eigenvalue weighted by atomic mass is 10.1. The van der Waals surface area contributed by atoms with Crippen molar-refractivity contribution in [3.05, 3.63) is 33.8 Å². The number of rotatable bonds is 4. The second-order valence-corrected chi connectivity index (χ2v) is 5.93. The van der Waals surface area contributed by atoms with Gasteiger partial charge in [0.05, 0.1) is 0 Å². The van der Waals surface area contributed by atoms with E-state index < -0.39 is 0 Å². The average molecular weight is 272 g/mol. The second kappa shape index (κ2) is 6.08. The van der Waals surface area contributed by atoms with Crippen molar-refractivity contribution < 1.29 is 0 Å². The summed E-state index contributed by atoms with van der Waals surface area (Å²) >= 11 is 12.2. The summed E-state index contributed by atoms with van der Waals surface area (Å²) in [4.78, 5) is 0. The highest BCUT2D eigenvalue weighted by molar-refractivity contribution is 6.35. The van der Waals surface area contributed by atoms with Crippen LogP contribution in [-0.4, -0.2) is 6.54 Å². The van der Waals surface area contributed by atoms with Gasteiger partial charge in [0.1, 0.15) is 0 Å². The number of hydrogen-bond donors (Lipinski definition) is 1. The molecule has 1 aromatic carbocycles. The van der Waals surface area contributed by atoms with Gasteiger partial charge in [0.15, 0.2) is 0 Å². The van der Waals surface area contributed by atoms with E-state index in [9.17, 15) is 0 Å². The van der Waals surface area contributed by atoms with E-state index in [2.05, 4.69) is 12.2 Å². The molecule has 1 N–H and O–H groups in total. The third-order valence-electron chi connectivity index (χ3n) is 3.60. The van der Waals surface area contributed by atoms with Gasteiger partial charge in [-0.1, -0.05) is 42.6 Å². The fraction of sp³-hybridized carbons (Fsp3) is 0.571. The first-order valence-electron chi connectivity index (χ1n) is 6.30. The minimum atomic E-state index is 0.754. The summed E-state index contributed by atoms with van der Waals surface area (Å²) in [5, 5.41) is 4.99. The summed E-state index contributed by atoms with van der Waals surface area (Å²) in [6.07, 6.45) is 4.08. The van der Waals surface area contributed by atoms with Crippen molar-refractivity contribution >= 4 is 23.2 Å². The molecule has 1 aromatic rings. The monoisotopic (exact) mass is 271 g/mol. The molecule has 0 aliphatic heterocycles. The molecule has 0 saturated heterocycles. The first-order valence-corrected chi connectivity index (χ1v) is 7.06. The minimum Gasteiger partial charge on any atom is -0.312 e. The highest BCUT2D eigenvalue weighted by atomic mass is 35.5. The van der Waals surface area contributed by atoms with E-state index in [4.69, 9.17) is 23.2 Å². The van der Waals surface area contributed by atoms with Crippen molar-refractivity contribution in [2.75, 3.05) is 6.54 Å². The molecule has 1 saturated carbocycles. The zero-order valence-corrected chi connectivity index (χ0v) is 11.7. The second-order valence-electron chi connectivity index (χ2n) is 5.12. The predicted molar refractivity (Wildman–Crippen MR) is 74.7 cm³/mol. The van der Waals surface area contributed by atoms with Gasteiger partial charge in [-0.2, -0.15) is 0 Å². The fourth-order valence-electron chi connectivity index (χ4n) is 2.61. The van der Waals surface area contributed by atoms with Gasteiger partial charge in [0.25, 0.3) is 0 Å². The van der Waals surface area contributed by atoms with Crippen LogP contribution in [-0.2, 0) is 6.54 Å². The van der Waals surface area contributed by atoms with Crippen molar-refractivity contribution in [2.45, 2.75) is 32.7 Å². The Kier molecular flexibility index (Phi) is 4.72. The first-order chi connectivity index (χ1) is 8.16. The van der Waals surface area contributed by atoms with Crippen molar-refractivity contribution in [2.24, 2.45) is 11.8 Å². The number of hydrogen-bond acceptors (Lipinski definition) is 1. The quantitative estimate of drug-likeness (QED) is 0.849. The van der Waals surface area contributed by atoms with Crippen LogP contribution in [0.3, 0.4) is 0 Å². The molecule has 2 rings (SSSR count). The SMILES string of the molecule is CC1CCC(CNCc2c(Cl)cccc2Cl)C1. The molecular formula is C14H19Cl2N. The Balaban J connectivity index is 1.82. The molecule has 1 aliphatic carbocycles. The van der Waals surface area contributed by atoms with E-state index in [0.717, 1.165) is 40.5 Å². The number of halogens is 2. The first kappa shape index (κ1) is 13.2. The largest absolute Gasteiger partial charge is 0.312 e. The van der Waals surface area contributed by atoms with Gasteiger partial charge >= 0.3 is 0 Å². The van der Waals surface area contributed by atoms with Crippen LogP contribution in [0.4, 0.5) is 0 Å². The van der Waals surface area contributed by atoms with Crippen LogP contribution in [0.1, 0.15) is 31.7 Å². The number of benzene rings is 1. The Bertz CT molecular complexity index is 358. The van der Waals surface area contributed by atoms with Gasteiger partial charge in [-0.15, -0.1) is 0 Å². The lowest BCUT2D eigenvalue weighted by molar-refractivity contribution is 0.471. The third kappa shape index (κ3) is 3.61. The number of nitrogens with one attached hydrogen (secondary N) is 1. The van der Waals surface area contributed by atoms with Gasteiger partial charge in [0, 0.05) is 22.2 Å². The van der Waals surface area contributed by atoms with Gasteiger partial charge < -0.3 is 5.32 Å². The highest BCUT2D eigenvalue weighted by Gasteiger charge is 2.20. The molecule has 0 aromatic heterocycles. The molecule has 1 nitrogen and oxygen atoms in total. The minimum absolute atomic E-state index is 0.754. The van der Waals surface area contributed by atoms with E-state index >= 15 is 0 Å². The molecule has 94 valence electrons. The normalized spacial score (nSPS) is 24.2. The lowest BCUT2D eigenvalue weighted by Crippen LogP contribution is -2.21. The molecule has 1 aliphatic rings. The zero-order chi connectivity index (χ0) is 12.3. The molecule has 17 heavy (non-hydrogen) atoms. The molecule has 0 radical (unpaired) electrons. The average Bonchev–Trinajstić information content (AvgIpc) is 2.69. The van der Waals surface area contributed by atoms with Crippen LogP contribution in [0.15, 0.2) is 18.2 Å². The molecule has 0 heterocycles. The Hall–Kier alpha value is -0.240. The summed E-state index contributed by atoms with van der Waals surface area (Å²) < 4.78 is 0. The van der Waals surface area contributed by atoms with E-state index in [-0.39, 0.29) is 0 Å². The highest BCUT2D eigenvalue weighted by Crippen LogP contribution is 2.30. The summed E-state index contributed by atoms with van der Waals surface area (Å²) in [5.74, 6) is 1.72. The zero-order valence-electron chi connectivity index (χ0n) is 10.2. The van der Waals surface area contributed by atoms with Crippen LogP contribution in [0.2, 0.25) is 10.0 Å². The van der Waals surface area contributed by atoms with Crippen LogP contribution in [0.5, 0.6) is 0 Å². The molecule has 0 amide bonds. The molecule has 1 fully saturated rings. The van der Waals surface area contributed by atoms with Crippen molar-refractivity contribution in [1.82, 2.24) is 5.32 Å². The van der Waals surface area contributed by atoms with Crippen molar-refractivity contribution in [3.8, 4) is 0 Å². The van der Waals surface area contributed by atoms with Crippen LogP contribution >= 0.6 is 23.2 Å². The van der Waals surface area contributed by atoms with Gasteiger partial charge in [-0.05, 0) is 43.4 Å². The Labute approximate surface area is 114 Å². The summed E-state index contributed by atoms with van der Waals surface area (Å²) in [5.41, 5.74) is 1.02. The van der Waals surface area contributed by atoms with Gasteiger partial charge in [-0.3, -0.25) is 0 Å². The summed E-state index contributed by atoms with van der Waals surface area (Å²) in [6, 6.07) is 5.66.